The average Bonchev–Trinajstić information content (AvgIpc) is 2.67. The molecule has 0 aliphatic carbocycles. The molecule has 0 aromatic heterocycles. The van der Waals surface area contributed by atoms with E-state index in [0.29, 0.717) is 22.6 Å². The molecule has 1 saturated heterocycles. The van der Waals surface area contributed by atoms with Crippen molar-refractivity contribution in [3.63, 3.8) is 0 Å². The van der Waals surface area contributed by atoms with E-state index < -0.39 is 23.6 Å². The summed E-state index contributed by atoms with van der Waals surface area (Å²) in [5.74, 6) is -1.00. The number of ether oxygens (including phenoxy) is 2. The summed E-state index contributed by atoms with van der Waals surface area (Å²) < 4.78 is 54.0. The summed E-state index contributed by atoms with van der Waals surface area (Å²) in [5, 5.41) is 0. The van der Waals surface area contributed by atoms with Crippen LogP contribution in [0.4, 0.5) is 13.2 Å². The van der Waals surface area contributed by atoms with Gasteiger partial charge in [-0.1, -0.05) is 50.6 Å². The Morgan fingerprint density at radius 1 is 1.00 bits per heavy atom. The van der Waals surface area contributed by atoms with Crippen LogP contribution in [0.1, 0.15) is 38.5 Å². The summed E-state index contributed by atoms with van der Waals surface area (Å²) in [4.78, 5) is 0.307. The lowest BCUT2D eigenvalue weighted by Gasteiger charge is -2.34. The second-order valence-corrected chi connectivity index (χ2v) is 7.95. The van der Waals surface area contributed by atoms with Gasteiger partial charge in [0.2, 0.25) is 0 Å². The van der Waals surface area contributed by atoms with Crippen molar-refractivity contribution in [2.24, 2.45) is 0 Å². The van der Waals surface area contributed by atoms with Crippen LogP contribution in [-0.4, -0.2) is 24.6 Å². The molecule has 2 aromatic rings. The molecule has 0 atom stereocenters. The minimum Gasteiger partial charge on any atom is -0.345 e. The van der Waals surface area contributed by atoms with Gasteiger partial charge in [0.1, 0.15) is 0 Å². The predicted molar refractivity (Wildman–Crippen MR) is 102 cm³/mol. The zero-order chi connectivity index (χ0) is 19.4. The van der Waals surface area contributed by atoms with Gasteiger partial charge < -0.3 is 9.47 Å². The lowest BCUT2D eigenvalue weighted by Crippen LogP contribution is -2.41. The van der Waals surface area contributed by atoms with E-state index in [1.807, 2.05) is 13.8 Å². The van der Waals surface area contributed by atoms with E-state index in [2.05, 4.69) is 0 Å². The highest BCUT2D eigenvalue weighted by molar-refractivity contribution is 7.99. The highest BCUT2D eigenvalue weighted by Gasteiger charge is 2.36. The summed E-state index contributed by atoms with van der Waals surface area (Å²) >= 11 is 1.27. The van der Waals surface area contributed by atoms with Gasteiger partial charge in [-0.05, 0) is 23.8 Å². The molecular weight excluding hydrogens is 373 g/mol. The topological polar surface area (TPSA) is 18.5 Å². The zero-order valence-electron chi connectivity index (χ0n) is 15.4. The Morgan fingerprint density at radius 3 is 2.26 bits per heavy atom. The first-order valence-corrected chi connectivity index (χ1v) is 10.1. The smallest absolute Gasteiger partial charge is 0.184 e. The first kappa shape index (κ1) is 20.2. The minimum atomic E-state index is -1.44. The van der Waals surface area contributed by atoms with Gasteiger partial charge in [0, 0.05) is 16.0 Å². The minimum absolute atomic E-state index is 0.0103. The van der Waals surface area contributed by atoms with Gasteiger partial charge in [-0.3, -0.25) is 0 Å². The van der Waals surface area contributed by atoms with E-state index in [-0.39, 0.29) is 18.8 Å². The van der Waals surface area contributed by atoms with Crippen LogP contribution >= 0.6 is 11.8 Å². The molecule has 0 bridgehead atoms. The summed E-state index contributed by atoms with van der Waals surface area (Å²) in [7, 11) is 0. The van der Waals surface area contributed by atoms with Crippen LogP contribution in [0, 0.1) is 11.6 Å². The number of alkyl halides is 1. The number of hydrogen-bond donors (Lipinski definition) is 0. The normalized spacial score (nSPS) is 22.8. The fourth-order valence-electron chi connectivity index (χ4n) is 3.17. The highest BCUT2D eigenvalue weighted by atomic mass is 32.2. The molecule has 1 fully saturated rings. The number of hydrogen-bond acceptors (Lipinski definition) is 3. The number of halogens is 3. The molecule has 1 aliphatic rings. The van der Waals surface area contributed by atoms with Crippen LogP contribution in [0.25, 0.3) is 11.1 Å². The summed E-state index contributed by atoms with van der Waals surface area (Å²) in [6.07, 6.45) is 0.473. The average molecular weight is 396 g/mol. The first-order valence-electron chi connectivity index (χ1n) is 9.10. The standard InChI is InChI=1S/C21H23F3O2S/c1-3-11-21(24)12-25-20(26-13-21)15-7-5-14(6-8-15)16-9-10-17(27-4-2)19(23)18(16)22/h5-10,20H,3-4,11-13H2,1-2H3. The first-order chi connectivity index (χ1) is 13.0. The van der Waals surface area contributed by atoms with Crippen molar-refractivity contribution in [3.8, 4) is 11.1 Å². The van der Waals surface area contributed by atoms with Crippen LogP contribution in [0.15, 0.2) is 41.3 Å². The maximum Gasteiger partial charge on any atom is 0.184 e. The Bertz CT molecular complexity index is 772. The Labute approximate surface area is 162 Å². The Balaban J connectivity index is 1.74. The van der Waals surface area contributed by atoms with Crippen LogP contribution in [0.3, 0.4) is 0 Å². The molecule has 6 heteroatoms. The van der Waals surface area contributed by atoms with Crippen LogP contribution in [0.5, 0.6) is 0 Å². The van der Waals surface area contributed by atoms with Gasteiger partial charge in [-0.2, -0.15) is 0 Å². The van der Waals surface area contributed by atoms with E-state index in [0.717, 1.165) is 12.0 Å². The van der Waals surface area contributed by atoms with Crippen molar-refractivity contribution in [3.05, 3.63) is 53.6 Å². The monoisotopic (exact) mass is 396 g/mol. The van der Waals surface area contributed by atoms with E-state index >= 15 is 0 Å². The lowest BCUT2D eigenvalue weighted by atomic mass is 10.0. The molecule has 1 aliphatic heterocycles. The summed E-state index contributed by atoms with van der Waals surface area (Å²) in [6, 6.07) is 10.0. The fraction of sp³-hybridized carbons (Fsp3) is 0.429. The van der Waals surface area contributed by atoms with E-state index in [1.165, 1.54) is 11.8 Å². The van der Waals surface area contributed by atoms with Gasteiger partial charge in [-0.25, -0.2) is 13.2 Å². The second-order valence-electron chi connectivity index (χ2n) is 6.65. The van der Waals surface area contributed by atoms with Gasteiger partial charge >= 0.3 is 0 Å². The SMILES string of the molecule is CCCC1(F)COC(c2ccc(-c3ccc(SCC)c(F)c3F)cc2)OC1. The molecule has 2 aromatic carbocycles. The largest absolute Gasteiger partial charge is 0.345 e. The van der Waals surface area contributed by atoms with Crippen molar-refractivity contribution in [1.82, 2.24) is 0 Å². The molecule has 1 heterocycles. The third kappa shape index (κ3) is 4.50. The highest BCUT2D eigenvalue weighted by Crippen LogP contribution is 2.34. The van der Waals surface area contributed by atoms with Crippen molar-refractivity contribution < 1.29 is 22.6 Å². The van der Waals surface area contributed by atoms with Crippen molar-refractivity contribution in [2.75, 3.05) is 19.0 Å². The van der Waals surface area contributed by atoms with Gasteiger partial charge in [0.05, 0.1) is 13.2 Å². The fourth-order valence-corrected chi connectivity index (χ4v) is 3.86. The maximum atomic E-state index is 14.4. The molecule has 0 amide bonds. The summed E-state index contributed by atoms with van der Waals surface area (Å²) in [6.45, 7) is 3.79. The quantitative estimate of drug-likeness (QED) is 0.534. The molecular formula is C21H23F3O2S. The van der Waals surface area contributed by atoms with E-state index in [9.17, 15) is 13.2 Å². The number of rotatable bonds is 6. The van der Waals surface area contributed by atoms with E-state index in [1.54, 1.807) is 36.4 Å². The molecule has 0 radical (unpaired) electrons. The molecule has 0 spiro atoms. The molecule has 146 valence electrons. The molecule has 0 saturated carbocycles. The summed E-state index contributed by atoms with van der Waals surface area (Å²) in [5.41, 5.74) is 0.0428. The third-order valence-corrected chi connectivity index (χ3v) is 5.44. The molecule has 0 unspecified atom stereocenters. The predicted octanol–water partition coefficient (Wildman–Crippen LogP) is 6.30. The maximum absolute atomic E-state index is 14.4. The van der Waals surface area contributed by atoms with Crippen LogP contribution in [-0.2, 0) is 9.47 Å². The van der Waals surface area contributed by atoms with Gasteiger partial charge in [-0.15, -0.1) is 11.8 Å². The number of thioether (sulfide) groups is 1. The Morgan fingerprint density at radius 2 is 1.67 bits per heavy atom. The molecule has 2 nitrogen and oxygen atoms in total. The van der Waals surface area contributed by atoms with Gasteiger partial charge in [0.25, 0.3) is 0 Å². The second kappa shape index (κ2) is 8.67. The zero-order valence-corrected chi connectivity index (χ0v) is 16.3. The van der Waals surface area contributed by atoms with Crippen molar-refractivity contribution >= 4 is 11.8 Å². The van der Waals surface area contributed by atoms with Crippen molar-refractivity contribution in [1.29, 1.82) is 0 Å². The molecule has 0 N–H and O–H groups in total. The van der Waals surface area contributed by atoms with Crippen LogP contribution < -0.4 is 0 Å². The third-order valence-electron chi connectivity index (χ3n) is 4.53. The van der Waals surface area contributed by atoms with Crippen molar-refractivity contribution in [2.45, 2.75) is 43.5 Å². The number of benzene rings is 2. The Kier molecular flexibility index (Phi) is 6.50. The molecule has 3 rings (SSSR count). The Hall–Kier alpha value is -1.50. The van der Waals surface area contributed by atoms with Crippen LogP contribution in [0.2, 0.25) is 0 Å². The van der Waals surface area contributed by atoms with Gasteiger partial charge in [0.15, 0.2) is 23.6 Å². The lowest BCUT2D eigenvalue weighted by molar-refractivity contribution is -0.238. The van der Waals surface area contributed by atoms with E-state index in [4.69, 9.17) is 9.47 Å². The molecule has 27 heavy (non-hydrogen) atoms.